The van der Waals surface area contributed by atoms with Crippen LogP contribution >= 0.6 is 0 Å². The Morgan fingerprint density at radius 3 is 2.37 bits per heavy atom. The summed E-state index contributed by atoms with van der Waals surface area (Å²) >= 11 is 0. The summed E-state index contributed by atoms with van der Waals surface area (Å²) in [5.41, 5.74) is 3.73. The molecule has 0 radical (unpaired) electrons. The van der Waals surface area contributed by atoms with Crippen LogP contribution in [0.4, 0.5) is 11.4 Å². The van der Waals surface area contributed by atoms with E-state index in [4.69, 9.17) is 0 Å². The molecule has 152 valence electrons. The summed E-state index contributed by atoms with van der Waals surface area (Å²) in [5, 5.41) is 8.22. The Morgan fingerprint density at radius 2 is 1.70 bits per heavy atom. The number of nitrogens with zero attached hydrogens (tertiary/aromatic N) is 3. The zero-order chi connectivity index (χ0) is 21.3. The Balaban J connectivity index is 1.57. The van der Waals surface area contributed by atoms with Crippen LogP contribution < -0.4 is 10.0 Å². The summed E-state index contributed by atoms with van der Waals surface area (Å²) in [5.74, 6) is -0.324. The van der Waals surface area contributed by atoms with Gasteiger partial charge >= 0.3 is 0 Å². The van der Waals surface area contributed by atoms with Crippen molar-refractivity contribution in [3.05, 3.63) is 78.1 Å². The van der Waals surface area contributed by atoms with Crippen LogP contribution in [-0.4, -0.2) is 35.3 Å². The molecule has 0 aliphatic rings. The number of carbonyl (C=O) groups is 1. The molecule has 0 bridgehead atoms. The molecule has 0 spiro atoms. The minimum Gasteiger partial charge on any atom is -0.321 e. The van der Waals surface area contributed by atoms with Gasteiger partial charge in [0.2, 0.25) is 10.0 Å². The van der Waals surface area contributed by atoms with Gasteiger partial charge in [-0.3, -0.25) is 9.52 Å². The van der Waals surface area contributed by atoms with Gasteiger partial charge in [0.1, 0.15) is 0 Å². The maximum atomic E-state index is 12.6. The topological polar surface area (TPSA) is 106 Å². The van der Waals surface area contributed by atoms with Crippen LogP contribution in [0.15, 0.2) is 66.9 Å². The minimum atomic E-state index is -3.37. The molecule has 4 aromatic rings. The van der Waals surface area contributed by atoms with Crippen LogP contribution in [0.2, 0.25) is 0 Å². The van der Waals surface area contributed by atoms with Crippen LogP contribution in [0.25, 0.3) is 16.7 Å². The number of hydrogen-bond acceptors (Lipinski definition) is 5. The van der Waals surface area contributed by atoms with E-state index in [0.717, 1.165) is 23.0 Å². The number of pyridine rings is 1. The Bertz CT molecular complexity index is 1330. The summed E-state index contributed by atoms with van der Waals surface area (Å²) in [7, 11) is -3.37. The fourth-order valence-corrected chi connectivity index (χ4v) is 3.63. The van der Waals surface area contributed by atoms with E-state index in [2.05, 4.69) is 20.1 Å². The number of sulfonamides is 1. The van der Waals surface area contributed by atoms with Gasteiger partial charge < -0.3 is 5.32 Å². The number of fused-ring (bicyclic) bond motifs is 1. The van der Waals surface area contributed by atoms with E-state index in [-0.39, 0.29) is 5.91 Å². The van der Waals surface area contributed by atoms with Gasteiger partial charge in [-0.15, -0.1) is 0 Å². The van der Waals surface area contributed by atoms with Crippen molar-refractivity contribution in [2.45, 2.75) is 6.92 Å². The number of benzene rings is 2. The second-order valence-electron chi connectivity index (χ2n) is 6.83. The highest BCUT2D eigenvalue weighted by Crippen LogP contribution is 2.23. The Morgan fingerprint density at radius 1 is 1.00 bits per heavy atom. The van der Waals surface area contributed by atoms with E-state index in [0.29, 0.717) is 22.6 Å². The SMILES string of the molecule is Cc1nn(-c2ccccc2)c2ncc(NC(=O)c3ccc(NS(C)(=O)=O)cc3)cc12. The van der Waals surface area contributed by atoms with Crippen LogP contribution in [-0.2, 0) is 10.0 Å². The minimum absolute atomic E-state index is 0.324. The molecular formula is C21H19N5O3S. The quantitative estimate of drug-likeness (QED) is 0.514. The molecule has 0 fully saturated rings. The smallest absolute Gasteiger partial charge is 0.255 e. The summed E-state index contributed by atoms with van der Waals surface area (Å²) in [6.07, 6.45) is 2.65. The van der Waals surface area contributed by atoms with Gasteiger partial charge in [-0.2, -0.15) is 5.10 Å². The zero-order valence-corrected chi connectivity index (χ0v) is 17.1. The van der Waals surface area contributed by atoms with Gasteiger partial charge in [0.15, 0.2) is 5.65 Å². The van der Waals surface area contributed by atoms with Crippen molar-refractivity contribution in [1.82, 2.24) is 14.8 Å². The normalized spacial score (nSPS) is 11.4. The van der Waals surface area contributed by atoms with Crippen molar-refractivity contribution in [1.29, 1.82) is 0 Å². The van der Waals surface area contributed by atoms with Crippen molar-refractivity contribution in [3.63, 3.8) is 0 Å². The first kappa shape index (κ1) is 19.6. The van der Waals surface area contributed by atoms with E-state index in [1.54, 1.807) is 23.0 Å². The molecule has 2 N–H and O–H groups in total. The predicted molar refractivity (Wildman–Crippen MR) is 116 cm³/mol. The lowest BCUT2D eigenvalue weighted by Gasteiger charge is -2.07. The average molecular weight is 421 g/mol. The molecule has 9 heteroatoms. The molecule has 0 saturated heterocycles. The van der Waals surface area contributed by atoms with Gasteiger partial charge in [0, 0.05) is 16.6 Å². The molecule has 0 aliphatic carbocycles. The zero-order valence-electron chi connectivity index (χ0n) is 16.3. The van der Waals surface area contributed by atoms with Crippen LogP contribution in [0.1, 0.15) is 16.1 Å². The molecule has 1 amide bonds. The average Bonchev–Trinajstić information content (AvgIpc) is 3.04. The summed E-state index contributed by atoms with van der Waals surface area (Å²) < 4.78 is 26.7. The molecule has 0 atom stereocenters. The maximum Gasteiger partial charge on any atom is 0.255 e. The molecule has 2 aromatic heterocycles. The Labute approximate surface area is 173 Å². The fraction of sp³-hybridized carbons (Fsp3) is 0.0952. The standard InChI is InChI=1S/C21H19N5O3S/c1-14-19-12-17(13-22-20(19)26(24-14)18-6-4-3-5-7-18)23-21(27)15-8-10-16(11-9-15)25-30(2,28)29/h3-13,25H,1-2H3,(H,23,27). The summed E-state index contributed by atoms with van der Waals surface area (Å²) in [6.45, 7) is 1.89. The second kappa shape index (κ2) is 7.60. The lowest BCUT2D eigenvalue weighted by molar-refractivity contribution is 0.102. The highest BCUT2D eigenvalue weighted by molar-refractivity contribution is 7.92. The molecule has 8 nitrogen and oxygen atoms in total. The van der Waals surface area contributed by atoms with Gasteiger partial charge in [-0.1, -0.05) is 18.2 Å². The first-order valence-corrected chi connectivity index (χ1v) is 11.0. The van der Waals surface area contributed by atoms with E-state index in [9.17, 15) is 13.2 Å². The summed E-state index contributed by atoms with van der Waals surface area (Å²) in [4.78, 5) is 17.0. The third-order valence-corrected chi connectivity index (χ3v) is 5.02. The first-order chi connectivity index (χ1) is 14.3. The number of para-hydroxylation sites is 1. The van der Waals surface area contributed by atoms with Crippen LogP contribution in [0, 0.1) is 6.92 Å². The number of aromatic nitrogens is 3. The van der Waals surface area contributed by atoms with Gasteiger partial charge in [0.05, 0.1) is 29.5 Å². The predicted octanol–water partition coefficient (Wildman–Crippen LogP) is 3.35. The van der Waals surface area contributed by atoms with Crippen LogP contribution in [0.3, 0.4) is 0 Å². The van der Waals surface area contributed by atoms with E-state index < -0.39 is 10.0 Å². The van der Waals surface area contributed by atoms with E-state index >= 15 is 0 Å². The van der Waals surface area contributed by atoms with Crippen molar-refractivity contribution >= 4 is 38.3 Å². The molecule has 30 heavy (non-hydrogen) atoms. The number of carbonyl (C=O) groups excluding carboxylic acids is 1. The molecule has 4 rings (SSSR count). The fourth-order valence-electron chi connectivity index (χ4n) is 3.07. The van der Waals surface area contributed by atoms with Crippen molar-refractivity contribution in [2.24, 2.45) is 0 Å². The highest BCUT2D eigenvalue weighted by Gasteiger charge is 2.13. The Kier molecular flexibility index (Phi) is 4.96. The van der Waals surface area contributed by atoms with Crippen LogP contribution in [0.5, 0.6) is 0 Å². The molecule has 0 saturated carbocycles. The third-order valence-electron chi connectivity index (χ3n) is 4.42. The second-order valence-corrected chi connectivity index (χ2v) is 8.58. The molecule has 0 aliphatic heterocycles. The van der Waals surface area contributed by atoms with Crippen molar-refractivity contribution in [2.75, 3.05) is 16.3 Å². The third kappa shape index (κ3) is 4.15. The number of rotatable bonds is 5. The van der Waals surface area contributed by atoms with E-state index in [1.165, 1.54) is 12.1 Å². The van der Waals surface area contributed by atoms with Gasteiger partial charge in [-0.05, 0) is 49.4 Å². The number of amides is 1. The monoisotopic (exact) mass is 421 g/mol. The first-order valence-electron chi connectivity index (χ1n) is 9.10. The number of aryl methyl sites for hydroxylation is 1. The van der Waals surface area contributed by atoms with Crippen molar-refractivity contribution < 1.29 is 13.2 Å². The molecule has 2 aromatic carbocycles. The lowest BCUT2D eigenvalue weighted by atomic mass is 10.2. The van der Waals surface area contributed by atoms with Gasteiger partial charge in [-0.25, -0.2) is 18.1 Å². The highest BCUT2D eigenvalue weighted by atomic mass is 32.2. The largest absolute Gasteiger partial charge is 0.321 e. The maximum absolute atomic E-state index is 12.6. The molecule has 2 heterocycles. The summed E-state index contributed by atoms with van der Waals surface area (Å²) in [6, 6.07) is 17.7. The van der Waals surface area contributed by atoms with Crippen molar-refractivity contribution in [3.8, 4) is 5.69 Å². The molecule has 0 unspecified atom stereocenters. The number of hydrogen-bond donors (Lipinski definition) is 2. The number of nitrogens with one attached hydrogen (secondary N) is 2. The van der Waals surface area contributed by atoms with Gasteiger partial charge in [0.25, 0.3) is 5.91 Å². The van der Waals surface area contributed by atoms with E-state index in [1.807, 2.05) is 43.3 Å². The lowest BCUT2D eigenvalue weighted by Crippen LogP contribution is -2.13. The number of anilines is 2. The Hall–Kier alpha value is -3.72. The molecular weight excluding hydrogens is 402 g/mol.